The zero-order chi connectivity index (χ0) is 10.8. The summed E-state index contributed by atoms with van der Waals surface area (Å²) in [5, 5.41) is 0. The number of aryl methyl sites for hydroxylation is 1. The van der Waals surface area contributed by atoms with Crippen LogP contribution in [0.3, 0.4) is 0 Å². The molecular weight excluding hydrogens is 228 g/mol. The minimum absolute atomic E-state index is 0.695. The van der Waals surface area contributed by atoms with E-state index in [-0.39, 0.29) is 0 Å². The van der Waals surface area contributed by atoms with Crippen molar-refractivity contribution in [1.82, 2.24) is 0 Å². The van der Waals surface area contributed by atoms with Crippen molar-refractivity contribution in [3.63, 3.8) is 0 Å². The Hall–Kier alpha value is -1.12. The van der Waals surface area contributed by atoms with Crippen LogP contribution in [-0.4, -0.2) is 6.29 Å². The number of thiophene rings is 1. The maximum atomic E-state index is 10.7. The fourth-order valence-electron chi connectivity index (χ4n) is 1.44. The van der Waals surface area contributed by atoms with Crippen molar-refractivity contribution >= 4 is 29.2 Å². The molecule has 0 bridgehead atoms. The lowest BCUT2D eigenvalue weighted by atomic mass is 10.0. The molecule has 15 heavy (non-hydrogen) atoms. The van der Waals surface area contributed by atoms with E-state index in [9.17, 15) is 4.79 Å². The van der Waals surface area contributed by atoms with E-state index in [1.807, 2.05) is 37.3 Å². The Bertz CT molecular complexity index is 502. The van der Waals surface area contributed by atoms with Crippen LogP contribution >= 0.6 is 22.9 Å². The van der Waals surface area contributed by atoms with E-state index in [2.05, 4.69) is 0 Å². The quantitative estimate of drug-likeness (QED) is 0.715. The molecule has 0 aliphatic rings. The number of carbonyl (C=O) groups is 1. The third kappa shape index (κ3) is 2.11. The maximum Gasteiger partial charge on any atom is 0.150 e. The summed E-state index contributed by atoms with van der Waals surface area (Å²) in [6.07, 6.45) is 0.859. The van der Waals surface area contributed by atoms with Crippen molar-refractivity contribution in [1.29, 1.82) is 0 Å². The van der Waals surface area contributed by atoms with Gasteiger partial charge in [0.1, 0.15) is 6.29 Å². The van der Waals surface area contributed by atoms with E-state index in [0.717, 1.165) is 26.6 Å². The first-order valence-corrected chi connectivity index (χ1v) is 5.71. The van der Waals surface area contributed by atoms with E-state index < -0.39 is 0 Å². The minimum Gasteiger partial charge on any atom is -0.298 e. The Labute approximate surface area is 97.3 Å². The summed E-state index contributed by atoms with van der Waals surface area (Å²) in [5.74, 6) is 0. The fourth-order valence-corrected chi connectivity index (χ4v) is 2.56. The molecule has 0 aliphatic carbocycles. The van der Waals surface area contributed by atoms with Crippen molar-refractivity contribution in [2.24, 2.45) is 0 Å². The van der Waals surface area contributed by atoms with Crippen molar-refractivity contribution in [2.45, 2.75) is 6.92 Å². The largest absolute Gasteiger partial charge is 0.298 e. The molecule has 1 nitrogen and oxygen atoms in total. The molecule has 1 aromatic carbocycles. The number of hydrogen-bond acceptors (Lipinski definition) is 2. The van der Waals surface area contributed by atoms with Gasteiger partial charge in [0.05, 0.1) is 4.34 Å². The molecule has 0 aliphatic heterocycles. The summed E-state index contributed by atoms with van der Waals surface area (Å²) < 4.78 is 0.765. The van der Waals surface area contributed by atoms with Crippen LogP contribution in [0, 0.1) is 6.92 Å². The van der Waals surface area contributed by atoms with Crippen molar-refractivity contribution in [2.75, 3.05) is 0 Å². The SMILES string of the molecule is Cc1ccc(C=O)cc1-c1ccc(Cl)s1. The summed E-state index contributed by atoms with van der Waals surface area (Å²) in [6.45, 7) is 2.03. The van der Waals surface area contributed by atoms with Crippen LogP contribution in [0.25, 0.3) is 10.4 Å². The lowest BCUT2D eigenvalue weighted by molar-refractivity contribution is 0.112. The standard InChI is InChI=1S/C12H9ClOS/c1-8-2-3-9(7-14)6-10(8)11-4-5-12(13)15-11/h2-7H,1H3. The van der Waals surface area contributed by atoms with Gasteiger partial charge in [0, 0.05) is 10.4 Å². The van der Waals surface area contributed by atoms with Gasteiger partial charge in [-0.3, -0.25) is 4.79 Å². The smallest absolute Gasteiger partial charge is 0.150 e. The number of hydrogen-bond donors (Lipinski definition) is 0. The van der Waals surface area contributed by atoms with Crippen LogP contribution in [0.2, 0.25) is 4.34 Å². The van der Waals surface area contributed by atoms with Gasteiger partial charge >= 0.3 is 0 Å². The first kappa shape index (κ1) is 10.4. The van der Waals surface area contributed by atoms with Crippen molar-refractivity contribution < 1.29 is 4.79 Å². The van der Waals surface area contributed by atoms with E-state index in [4.69, 9.17) is 11.6 Å². The third-order valence-electron chi connectivity index (χ3n) is 2.24. The Morgan fingerprint density at radius 3 is 2.67 bits per heavy atom. The molecule has 0 amide bonds. The van der Waals surface area contributed by atoms with E-state index in [0.29, 0.717) is 5.56 Å². The molecule has 0 unspecified atom stereocenters. The molecule has 3 heteroatoms. The summed E-state index contributed by atoms with van der Waals surface area (Å²) in [5.41, 5.74) is 2.93. The van der Waals surface area contributed by atoms with Gasteiger partial charge < -0.3 is 0 Å². The monoisotopic (exact) mass is 236 g/mol. The predicted octanol–water partition coefficient (Wildman–Crippen LogP) is 4.19. The first-order chi connectivity index (χ1) is 7.20. The zero-order valence-electron chi connectivity index (χ0n) is 8.16. The molecule has 0 spiro atoms. The zero-order valence-corrected chi connectivity index (χ0v) is 9.73. The van der Waals surface area contributed by atoms with Gasteiger partial charge in [0.2, 0.25) is 0 Å². The molecule has 2 rings (SSSR count). The Morgan fingerprint density at radius 2 is 2.07 bits per heavy atom. The summed E-state index contributed by atoms with van der Waals surface area (Å²) in [4.78, 5) is 11.8. The second-order valence-electron chi connectivity index (χ2n) is 3.30. The molecule has 0 radical (unpaired) electrons. The number of rotatable bonds is 2. The number of benzene rings is 1. The number of halogens is 1. The summed E-state index contributed by atoms with van der Waals surface area (Å²) >= 11 is 7.41. The number of aldehydes is 1. The molecule has 0 fully saturated rings. The maximum absolute atomic E-state index is 10.7. The summed E-state index contributed by atoms with van der Waals surface area (Å²) in [6, 6.07) is 9.51. The molecule has 2 aromatic rings. The van der Waals surface area contributed by atoms with Crippen LogP contribution in [0.1, 0.15) is 15.9 Å². The van der Waals surface area contributed by atoms with E-state index in [1.165, 1.54) is 11.3 Å². The van der Waals surface area contributed by atoms with Crippen LogP contribution < -0.4 is 0 Å². The minimum atomic E-state index is 0.695. The Morgan fingerprint density at radius 1 is 1.27 bits per heavy atom. The molecule has 76 valence electrons. The molecule has 0 atom stereocenters. The average Bonchev–Trinajstić information content (AvgIpc) is 2.65. The molecule has 1 heterocycles. The Kier molecular flexibility index (Phi) is 2.89. The van der Waals surface area contributed by atoms with Gasteiger partial charge in [-0.15, -0.1) is 11.3 Å². The highest BCUT2D eigenvalue weighted by Crippen LogP contribution is 2.33. The number of carbonyl (C=O) groups excluding carboxylic acids is 1. The molecule has 0 saturated carbocycles. The predicted molar refractivity (Wildman–Crippen MR) is 64.9 cm³/mol. The molecule has 1 aromatic heterocycles. The van der Waals surface area contributed by atoms with Gasteiger partial charge in [-0.2, -0.15) is 0 Å². The fraction of sp³-hybridized carbons (Fsp3) is 0.0833. The first-order valence-electron chi connectivity index (χ1n) is 4.52. The lowest BCUT2D eigenvalue weighted by Gasteiger charge is -2.03. The van der Waals surface area contributed by atoms with Crippen LogP contribution in [0.5, 0.6) is 0 Å². The molecule has 0 N–H and O–H groups in total. The normalized spacial score (nSPS) is 10.3. The highest BCUT2D eigenvalue weighted by atomic mass is 35.5. The topological polar surface area (TPSA) is 17.1 Å². The summed E-state index contributed by atoms with van der Waals surface area (Å²) in [7, 11) is 0. The average molecular weight is 237 g/mol. The van der Waals surface area contributed by atoms with E-state index in [1.54, 1.807) is 0 Å². The third-order valence-corrected chi connectivity index (χ3v) is 3.50. The second-order valence-corrected chi connectivity index (χ2v) is 5.01. The van der Waals surface area contributed by atoms with Gasteiger partial charge in [-0.1, -0.05) is 23.7 Å². The van der Waals surface area contributed by atoms with Gasteiger partial charge in [0.25, 0.3) is 0 Å². The van der Waals surface area contributed by atoms with Gasteiger partial charge in [-0.25, -0.2) is 0 Å². The van der Waals surface area contributed by atoms with Gasteiger partial charge in [0.15, 0.2) is 0 Å². The second kappa shape index (κ2) is 4.17. The van der Waals surface area contributed by atoms with Crippen molar-refractivity contribution in [3.8, 4) is 10.4 Å². The Balaban J connectivity index is 2.55. The van der Waals surface area contributed by atoms with Crippen LogP contribution in [0.15, 0.2) is 30.3 Å². The highest BCUT2D eigenvalue weighted by molar-refractivity contribution is 7.19. The van der Waals surface area contributed by atoms with Crippen molar-refractivity contribution in [3.05, 3.63) is 45.8 Å². The molecular formula is C12H9ClOS. The van der Waals surface area contributed by atoms with Crippen LogP contribution in [0.4, 0.5) is 0 Å². The van der Waals surface area contributed by atoms with Gasteiger partial charge in [-0.05, 0) is 36.2 Å². The molecule has 0 saturated heterocycles. The highest BCUT2D eigenvalue weighted by Gasteiger charge is 2.05. The van der Waals surface area contributed by atoms with E-state index >= 15 is 0 Å². The van der Waals surface area contributed by atoms with Crippen LogP contribution in [-0.2, 0) is 0 Å². The lowest BCUT2D eigenvalue weighted by Crippen LogP contribution is -1.84.